The van der Waals surface area contributed by atoms with Crippen LogP contribution < -0.4 is 4.74 Å². The Labute approximate surface area is 130 Å². The third-order valence-corrected chi connectivity index (χ3v) is 4.01. The lowest BCUT2D eigenvalue weighted by molar-refractivity contribution is 0.219. The van der Waals surface area contributed by atoms with Crippen LogP contribution >= 0.6 is 39.1 Å². The summed E-state index contributed by atoms with van der Waals surface area (Å²) < 4.78 is 5.82. The summed E-state index contributed by atoms with van der Waals surface area (Å²) in [5.74, 6) is 0.649. The summed E-state index contributed by atoms with van der Waals surface area (Å²) in [6, 6.07) is 10.4. The first-order valence-corrected chi connectivity index (χ1v) is 7.04. The number of hydrogen-bond donors (Lipinski definition) is 1. The highest BCUT2D eigenvalue weighted by atomic mass is 79.9. The van der Waals surface area contributed by atoms with Gasteiger partial charge >= 0.3 is 0 Å². The molecule has 2 aromatic rings. The van der Waals surface area contributed by atoms with Crippen molar-refractivity contribution in [3.8, 4) is 5.75 Å². The predicted molar refractivity (Wildman–Crippen MR) is 81.2 cm³/mol. The summed E-state index contributed by atoms with van der Waals surface area (Å²) in [7, 11) is 1.57. The van der Waals surface area contributed by atoms with E-state index >= 15 is 0 Å². The van der Waals surface area contributed by atoms with Crippen LogP contribution in [0.4, 0.5) is 0 Å². The number of aliphatic hydroxyl groups excluding tert-OH is 1. The fourth-order valence-electron chi connectivity index (χ4n) is 1.75. The van der Waals surface area contributed by atoms with Crippen molar-refractivity contribution in [2.75, 3.05) is 7.11 Å². The first kappa shape index (κ1) is 14.7. The second kappa shape index (κ2) is 6.14. The molecule has 0 radical (unpaired) electrons. The van der Waals surface area contributed by atoms with Crippen molar-refractivity contribution in [2.24, 2.45) is 0 Å². The molecule has 0 amide bonds. The second-order valence-electron chi connectivity index (χ2n) is 3.96. The van der Waals surface area contributed by atoms with Gasteiger partial charge in [-0.05, 0) is 29.8 Å². The molecule has 2 aromatic carbocycles. The molecule has 0 aliphatic rings. The van der Waals surface area contributed by atoms with Crippen LogP contribution in [0.2, 0.25) is 10.0 Å². The molecular formula is C14H11BrCl2O2. The Morgan fingerprint density at radius 2 is 1.79 bits per heavy atom. The molecule has 0 saturated heterocycles. The van der Waals surface area contributed by atoms with E-state index in [0.29, 0.717) is 26.9 Å². The fraction of sp³-hybridized carbons (Fsp3) is 0.143. The fourth-order valence-corrected chi connectivity index (χ4v) is 2.92. The predicted octanol–water partition coefficient (Wildman–Crippen LogP) is 4.85. The molecule has 0 aliphatic carbocycles. The van der Waals surface area contributed by atoms with E-state index in [-0.39, 0.29) is 0 Å². The average molecular weight is 362 g/mol. The van der Waals surface area contributed by atoms with Crippen molar-refractivity contribution in [3.05, 3.63) is 62.0 Å². The van der Waals surface area contributed by atoms with Gasteiger partial charge in [0, 0.05) is 15.1 Å². The van der Waals surface area contributed by atoms with E-state index in [4.69, 9.17) is 27.9 Å². The lowest BCUT2D eigenvalue weighted by Gasteiger charge is -2.15. The minimum atomic E-state index is -0.829. The van der Waals surface area contributed by atoms with Crippen molar-refractivity contribution in [1.82, 2.24) is 0 Å². The van der Waals surface area contributed by atoms with Gasteiger partial charge in [-0.15, -0.1) is 0 Å². The van der Waals surface area contributed by atoms with Gasteiger partial charge in [-0.1, -0.05) is 51.3 Å². The van der Waals surface area contributed by atoms with Crippen molar-refractivity contribution in [3.63, 3.8) is 0 Å². The average Bonchev–Trinajstić information content (AvgIpc) is 2.37. The van der Waals surface area contributed by atoms with Crippen LogP contribution in [0.3, 0.4) is 0 Å². The summed E-state index contributed by atoms with van der Waals surface area (Å²) >= 11 is 15.4. The SMILES string of the molecule is COc1ccc(C(O)c2ccc(Cl)cc2Br)c(Cl)c1. The Kier molecular flexibility index (Phi) is 4.74. The Hall–Kier alpha value is -0.740. The van der Waals surface area contributed by atoms with Gasteiger partial charge in [0.2, 0.25) is 0 Å². The van der Waals surface area contributed by atoms with E-state index in [9.17, 15) is 5.11 Å². The molecule has 0 bridgehead atoms. The highest BCUT2D eigenvalue weighted by Gasteiger charge is 2.17. The van der Waals surface area contributed by atoms with Crippen LogP contribution in [-0.4, -0.2) is 12.2 Å². The number of hydrogen-bond acceptors (Lipinski definition) is 2. The zero-order valence-electron chi connectivity index (χ0n) is 10.0. The van der Waals surface area contributed by atoms with Crippen LogP contribution in [0.1, 0.15) is 17.2 Å². The van der Waals surface area contributed by atoms with E-state index in [1.54, 1.807) is 43.5 Å². The minimum Gasteiger partial charge on any atom is -0.497 e. The molecule has 0 aromatic heterocycles. The van der Waals surface area contributed by atoms with Crippen LogP contribution in [0.5, 0.6) is 5.75 Å². The van der Waals surface area contributed by atoms with E-state index in [2.05, 4.69) is 15.9 Å². The lowest BCUT2D eigenvalue weighted by Crippen LogP contribution is -2.01. The molecule has 1 unspecified atom stereocenters. The standard InChI is InChI=1S/C14H11BrCl2O2/c1-19-9-3-5-11(13(17)7-9)14(18)10-4-2-8(16)6-12(10)15/h2-7,14,18H,1H3. The molecule has 0 aliphatic heterocycles. The summed E-state index contributed by atoms with van der Waals surface area (Å²) in [6.07, 6.45) is -0.829. The van der Waals surface area contributed by atoms with Gasteiger partial charge in [-0.2, -0.15) is 0 Å². The first-order valence-electron chi connectivity index (χ1n) is 5.49. The normalized spacial score (nSPS) is 12.3. The monoisotopic (exact) mass is 360 g/mol. The summed E-state index contributed by atoms with van der Waals surface area (Å²) in [5.41, 5.74) is 1.32. The molecule has 0 spiro atoms. The molecule has 5 heteroatoms. The Morgan fingerprint density at radius 1 is 1.11 bits per heavy atom. The zero-order valence-corrected chi connectivity index (χ0v) is 13.1. The molecule has 2 nitrogen and oxygen atoms in total. The Balaban J connectivity index is 2.41. The number of benzene rings is 2. The van der Waals surface area contributed by atoms with Crippen LogP contribution in [-0.2, 0) is 0 Å². The molecule has 1 atom stereocenters. The molecule has 0 fully saturated rings. The van der Waals surface area contributed by atoms with E-state index < -0.39 is 6.10 Å². The molecule has 100 valence electrons. The summed E-state index contributed by atoms with van der Waals surface area (Å²) in [5, 5.41) is 11.5. The minimum absolute atomic E-state index is 0.453. The number of methoxy groups -OCH3 is 1. The Bertz CT molecular complexity index is 602. The van der Waals surface area contributed by atoms with Crippen molar-refractivity contribution < 1.29 is 9.84 Å². The quantitative estimate of drug-likeness (QED) is 0.846. The molecule has 1 N–H and O–H groups in total. The van der Waals surface area contributed by atoms with Gasteiger partial charge in [-0.25, -0.2) is 0 Å². The second-order valence-corrected chi connectivity index (χ2v) is 5.65. The lowest BCUT2D eigenvalue weighted by atomic mass is 10.0. The largest absolute Gasteiger partial charge is 0.497 e. The number of rotatable bonds is 3. The van der Waals surface area contributed by atoms with E-state index in [0.717, 1.165) is 4.47 Å². The zero-order chi connectivity index (χ0) is 14.0. The maximum absolute atomic E-state index is 10.4. The van der Waals surface area contributed by atoms with Gasteiger partial charge in [0.15, 0.2) is 0 Å². The number of halogens is 3. The molecule has 0 heterocycles. The topological polar surface area (TPSA) is 29.5 Å². The van der Waals surface area contributed by atoms with Gasteiger partial charge < -0.3 is 9.84 Å². The maximum atomic E-state index is 10.4. The van der Waals surface area contributed by atoms with Crippen molar-refractivity contribution in [1.29, 1.82) is 0 Å². The van der Waals surface area contributed by atoms with Crippen LogP contribution in [0.15, 0.2) is 40.9 Å². The maximum Gasteiger partial charge on any atom is 0.120 e. The van der Waals surface area contributed by atoms with Gasteiger partial charge in [-0.3, -0.25) is 0 Å². The van der Waals surface area contributed by atoms with Gasteiger partial charge in [0.1, 0.15) is 11.9 Å². The van der Waals surface area contributed by atoms with Crippen molar-refractivity contribution >= 4 is 39.1 Å². The summed E-state index contributed by atoms with van der Waals surface area (Å²) in [6.45, 7) is 0. The van der Waals surface area contributed by atoms with Crippen LogP contribution in [0.25, 0.3) is 0 Å². The molecule has 0 saturated carbocycles. The molecule has 2 rings (SSSR count). The van der Waals surface area contributed by atoms with Gasteiger partial charge in [0.05, 0.1) is 12.1 Å². The van der Waals surface area contributed by atoms with Crippen LogP contribution in [0, 0.1) is 0 Å². The molecule has 19 heavy (non-hydrogen) atoms. The highest BCUT2D eigenvalue weighted by molar-refractivity contribution is 9.10. The number of ether oxygens (including phenoxy) is 1. The number of aliphatic hydroxyl groups is 1. The molecular weight excluding hydrogens is 351 g/mol. The van der Waals surface area contributed by atoms with Crippen molar-refractivity contribution in [2.45, 2.75) is 6.10 Å². The van der Waals surface area contributed by atoms with E-state index in [1.807, 2.05) is 0 Å². The van der Waals surface area contributed by atoms with Gasteiger partial charge in [0.25, 0.3) is 0 Å². The highest BCUT2D eigenvalue weighted by Crippen LogP contribution is 2.35. The Morgan fingerprint density at radius 3 is 2.37 bits per heavy atom. The smallest absolute Gasteiger partial charge is 0.120 e. The third-order valence-electron chi connectivity index (χ3n) is 2.76. The van der Waals surface area contributed by atoms with E-state index in [1.165, 1.54) is 0 Å². The summed E-state index contributed by atoms with van der Waals surface area (Å²) in [4.78, 5) is 0. The third kappa shape index (κ3) is 3.23. The first-order chi connectivity index (χ1) is 9.02.